The maximum atomic E-state index is 13.5. The number of carbonyl (C=O) groups is 3. The predicted molar refractivity (Wildman–Crippen MR) is 145 cm³/mol. The fraction of sp³-hybridized carbons (Fsp3) is 0.214. The van der Waals surface area contributed by atoms with E-state index in [4.69, 9.17) is 0 Å². The van der Waals surface area contributed by atoms with E-state index in [1.165, 1.54) is 6.92 Å². The zero-order chi connectivity index (χ0) is 27.3. The minimum Gasteiger partial charge on any atom is -0.308 e. The van der Waals surface area contributed by atoms with Gasteiger partial charge in [0.15, 0.2) is 5.78 Å². The molecule has 0 atom stereocenters. The van der Waals surface area contributed by atoms with E-state index in [1.807, 2.05) is 24.3 Å². The molecule has 3 N–H and O–H groups in total. The van der Waals surface area contributed by atoms with E-state index in [0.29, 0.717) is 22.5 Å². The molecule has 4 rings (SSSR count). The SMILES string of the molecule is CC(=O)c1cccc(NC(=O)N(Cc2ccc(C(=O)Nc3nn[nH]n3)cc2)c2ccc(C(C)(C)C)cc2)c1. The Kier molecular flexibility index (Phi) is 7.61. The first kappa shape index (κ1) is 26.2. The minimum absolute atomic E-state index is 0.0311. The Balaban J connectivity index is 1.57. The Labute approximate surface area is 220 Å². The quantitative estimate of drug-likeness (QED) is 0.293. The number of rotatable bonds is 7. The molecule has 0 radical (unpaired) electrons. The van der Waals surface area contributed by atoms with E-state index < -0.39 is 0 Å². The Morgan fingerprint density at radius 2 is 1.61 bits per heavy atom. The zero-order valence-corrected chi connectivity index (χ0v) is 21.6. The molecular weight excluding hydrogens is 482 g/mol. The molecule has 0 aliphatic rings. The van der Waals surface area contributed by atoms with Gasteiger partial charge in [-0.05, 0) is 65.1 Å². The first-order valence-electron chi connectivity index (χ1n) is 12.0. The molecule has 1 aromatic heterocycles. The van der Waals surface area contributed by atoms with E-state index in [-0.39, 0.29) is 35.6 Å². The second kappa shape index (κ2) is 11.0. The number of H-pyrrole nitrogens is 1. The van der Waals surface area contributed by atoms with Crippen LogP contribution in [-0.2, 0) is 12.0 Å². The van der Waals surface area contributed by atoms with Crippen LogP contribution in [-0.4, -0.2) is 38.3 Å². The van der Waals surface area contributed by atoms with Crippen molar-refractivity contribution in [2.45, 2.75) is 39.7 Å². The van der Waals surface area contributed by atoms with Gasteiger partial charge in [-0.15, -0.1) is 5.10 Å². The van der Waals surface area contributed by atoms with Gasteiger partial charge in [0.1, 0.15) is 0 Å². The number of benzene rings is 3. The lowest BCUT2D eigenvalue weighted by Crippen LogP contribution is -2.34. The van der Waals surface area contributed by atoms with Crippen LogP contribution < -0.4 is 15.5 Å². The highest BCUT2D eigenvalue weighted by Gasteiger charge is 2.20. The lowest BCUT2D eigenvalue weighted by molar-refractivity contribution is 0.101. The van der Waals surface area contributed by atoms with Crippen LogP contribution in [0.5, 0.6) is 0 Å². The normalized spacial score (nSPS) is 11.1. The molecule has 0 spiro atoms. The van der Waals surface area contributed by atoms with Crippen molar-refractivity contribution in [2.75, 3.05) is 15.5 Å². The molecule has 0 aliphatic heterocycles. The van der Waals surface area contributed by atoms with Gasteiger partial charge in [-0.1, -0.05) is 62.3 Å². The highest BCUT2D eigenvalue weighted by molar-refractivity contribution is 6.04. The molecule has 0 unspecified atom stereocenters. The average molecular weight is 512 g/mol. The molecule has 194 valence electrons. The highest BCUT2D eigenvalue weighted by atomic mass is 16.2. The summed E-state index contributed by atoms with van der Waals surface area (Å²) in [7, 11) is 0. The number of aromatic nitrogens is 4. The van der Waals surface area contributed by atoms with Crippen LogP contribution >= 0.6 is 0 Å². The summed E-state index contributed by atoms with van der Waals surface area (Å²) in [4.78, 5) is 39.3. The van der Waals surface area contributed by atoms with Crippen molar-refractivity contribution < 1.29 is 14.4 Å². The summed E-state index contributed by atoms with van der Waals surface area (Å²) in [5, 5.41) is 18.6. The van der Waals surface area contributed by atoms with Crippen molar-refractivity contribution in [2.24, 2.45) is 0 Å². The van der Waals surface area contributed by atoms with Crippen LogP contribution in [0.3, 0.4) is 0 Å². The van der Waals surface area contributed by atoms with E-state index in [9.17, 15) is 14.4 Å². The van der Waals surface area contributed by atoms with Crippen LogP contribution in [0.4, 0.5) is 22.1 Å². The number of hydrogen-bond acceptors (Lipinski definition) is 6. The van der Waals surface area contributed by atoms with Crippen LogP contribution in [0.15, 0.2) is 72.8 Å². The molecule has 10 heteroatoms. The average Bonchev–Trinajstić information content (AvgIpc) is 3.40. The van der Waals surface area contributed by atoms with Gasteiger partial charge >= 0.3 is 6.03 Å². The number of tetrazole rings is 1. The first-order valence-corrected chi connectivity index (χ1v) is 12.0. The van der Waals surface area contributed by atoms with Gasteiger partial charge in [0.25, 0.3) is 11.9 Å². The topological polar surface area (TPSA) is 133 Å². The number of nitrogens with zero attached hydrogens (tertiary/aromatic N) is 4. The number of carbonyl (C=O) groups excluding carboxylic acids is 3. The van der Waals surface area contributed by atoms with Gasteiger partial charge in [-0.3, -0.25) is 19.8 Å². The summed E-state index contributed by atoms with van der Waals surface area (Å²) < 4.78 is 0. The van der Waals surface area contributed by atoms with Gasteiger partial charge in [-0.25, -0.2) is 4.79 Å². The number of aromatic amines is 1. The van der Waals surface area contributed by atoms with Crippen LogP contribution in [0.2, 0.25) is 0 Å². The molecule has 4 aromatic rings. The van der Waals surface area contributed by atoms with Crippen molar-refractivity contribution in [3.63, 3.8) is 0 Å². The van der Waals surface area contributed by atoms with Crippen molar-refractivity contribution >= 4 is 35.0 Å². The Bertz CT molecular complexity index is 1420. The molecule has 0 bridgehead atoms. The number of urea groups is 1. The third kappa shape index (κ3) is 6.47. The Morgan fingerprint density at radius 1 is 0.895 bits per heavy atom. The maximum Gasteiger partial charge on any atom is 0.326 e. The van der Waals surface area contributed by atoms with Crippen molar-refractivity contribution in [3.8, 4) is 0 Å². The number of Topliss-reactive ketones (excluding diaryl/α,β-unsaturated/α-hetero) is 1. The number of amides is 3. The lowest BCUT2D eigenvalue weighted by atomic mass is 9.87. The molecule has 3 aromatic carbocycles. The monoisotopic (exact) mass is 511 g/mol. The van der Waals surface area contributed by atoms with E-state index in [0.717, 1.165) is 11.1 Å². The van der Waals surface area contributed by atoms with Gasteiger partial charge < -0.3 is 5.32 Å². The van der Waals surface area contributed by atoms with Gasteiger partial charge in [-0.2, -0.15) is 5.21 Å². The summed E-state index contributed by atoms with van der Waals surface area (Å²) in [6.07, 6.45) is 0. The van der Waals surface area contributed by atoms with Gasteiger partial charge in [0.05, 0.1) is 6.54 Å². The minimum atomic E-state index is -0.379. The summed E-state index contributed by atoms with van der Waals surface area (Å²) in [5.41, 5.74) is 4.08. The van der Waals surface area contributed by atoms with Crippen LogP contribution in [0, 0.1) is 0 Å². The lowest BCUT2D eigenvalue weighted by Gasteiger charge is -2.25. The second-order valence-corrected chi connectivity index (χ2v) is 9.84. The molecule has 1 heterocycles. The molecular formula is C28H29N7O3. The summed E-state index contributed by atoms with van der Waals surface area (Å²) in [6.45, 7) is 8.12. The summed E-state index contributed by atoms with van der Waals surface area (Å²) >= 11 is 0. The van der Waals surface area contributed by atoms with Crippen LogP contribution in [0.1, 0.15) is 59.5 Å². The van der Waals surface area contributed by atoms with E-state index in [1.54, 1.807) is 53.4 Å². The largest absolute Gasteiger partial charge is 0.326 e. The molecule has 10 nitrogen and oxygen atoms in total. The number of nitrogens with one attached hydrogen (secondary N) is 3. The third-order valence-electron chi connectivity index (χ3n) is 5.94. The first-order chi connectivity index (χ1) is 18.1. The van der Waals surface area contributed by atoms with Crippen molar-refractivity contribution in [1.82, 2.24) is 20.6 Å². The standard InChI is InChI=1S/C28H29N7O3/c1-18(36)21-6-5-7-23(16-21)29-27(38)35(24-14-12-22(13-15-24)28(2,3)4)17-19-8-10-20(11-9-19)25(37)30-26-31-33-34-32-26/h5-16H,17H2,1-4H3,(H,29,38)(H2,30,31,32,33,34,37). The van der Waals surface area contributed by atoms with E-state index >= 15 is 0 Å². The van der Waals surface area contributed by atoms with E-state index in [2.05, 4.69) is 52.0 Å². The van der Waals surface area contributed by atoms with Crippen LogP contribution in [0.25, 0.3) is 0 Å². The molecule has 3 amide bonds. The molecule has 0 aliphatic carbocycles. The third-order valence-corrected chi connectivity index (χ3v) is 5.94. The Morgan fingerprint density at radius 3 is 2.21 bits per heavy atom. The number of hydrogen-bond donors (Lipinski definition) is 3. The second-order valence-electron chi connectivity index (χ2n) is 9.84. The van der Waals surface area contributed by atoms with Gasteiger partial charge in [0, 0.05) is 22.5 Å². The van der Waals surface area contributed by atoms with Crippen molar-refractivity contribution in [1.29, 1.82) is 0 Å². The van der Waals surface area contributed by atoms with Crippen molar-refractivity contribution in [3.05, 3.63) is 95.1 Å². The molecule has 0 saturated carbocycles. The molecule has 0 saturated heterocycles. The number of anilines is 3. The van der Waals surface area contributed by atoms with Gasteiger partial charge in [0.2, 0.25) is 0 Å². The number of ketones is 1. The maximum absolute atomic E-state index is 13.5. The zero-order valence-electron chi connectivity index (χ0n) is 21.6. The Hall–Kier alpha value is -4.86. The molecule has 0 fully saturated rings. The fourth-order valence-electron chi connectivity index (χ4n) is 3.76. The summed E-state index contributed by atoms with van der Waals surface area (Å²) in [5.74, 6) is -0.385. The fourth-order valence-corrected chi connectivity index (χ4v) is 3.76. The smallest absolute Gasteiger partial charge is 0.308 e. The molecule has 38 heavy (non-hydrogen) atoms. The highest BCUT2D eigenvalue weighted by Crippen LogP contribution is 2.26. The summed E-state index contributed by atoms with van der Waals surface area (Å²) in [6, 6.07) is 21.2. The predicted octanol–water partition coefficient (Wildman–Crippen LogP) is 5.19.